The molecular weight excluding hydrogens is 288 g/mol. The molecule has 1 N–H and O–H groups in total. The third-order valence-electron chi connectivity index (χ3n) is 3.28. The monoisotopic (exact) mass is 300 g/mol. The van der Waals surface area contributed by atoms with Crippen LogP contribution in [0, 0.1) is 0 Å². The Morgan fingerprint density at radius 2 is 2.00 bits per heavy atom. The number of nitrogens with one attached hydrogen (secondary N) is 1. The van der Waals surface area contributed by atoms with Crippen LogP contribution in [0.25, 0.3) is 11.0 Å². The van der Waals surface area contributed by atoms with Crippen molar-refractivity contribution in [3.63, 3.8) is 0 Å². The molecule has 3 rings (SSSR count). The van der Waals surface area contributed by atoms with Gasteiger partial charge in [0.2, 0.25) is 0 Å². The lowest BCUT2D eigenvalue weighted by Gasteiger charge is -2.10. The predicted molar refractivity (Wildman–Crippen MR) is 77.8 cm³/mol. The molecule has 2 heterocycles. The summed E-state index contributed by atoms with van der Waals surface area (Å²) in [5.74, 6) is 0.341. The van der Waals surface area contributed by atoms with Crippen molar-refractivity contribution < 1.29 is 0 Å². The van der Waals surface area contributed by atoms with Gasteiger partial charge in [-0.15, -0.1) is 0 Å². The fourth-order valence-electron chi connectivity index (χ4n) is 2.25. The standard InChI is InChI=1S/C15H13BrN2/c1-10(11-5-3-2-4-6-11)13-9-17-14-7-12(16)8-18-15(13)14/h2-10,17H,1H3. The molecule has 0 aliphatic carbocycles. The molecule has 90 valence electrons. The van der Waals surface area contributed by atoms with Gasteiger partial charge in [0.15, 0.2) is 0 Å². The van der Waals surface area contributed by atoms with Gasteiger partial charge in [0, 0.05) is 28.3 Å². The maximum absolute atomic E-state index is 4.51. The van der Waals surface area contributed by atoms with Gasteiger partial charge in [0.25, 0.3) is 0 Å². The molecule has 2 aromatic heterocycles. The van der Waals surface area contributed by atoms with Crippen LogP contribution in [0.1, 0.15) is 24.0 Å². The van der Waals surface area contributed by atoms with Crippen LogP contribution in [0.2, 0.25) is 0 Å². The number of rotatable bonds is 2. The van der Waals surface area contributed by atoms with Gasteiger partial charge in [-0.3, -0.25) is 4.98 Å². The molecule has 3 aromatic rings. The van der Waals surface area contributed by atoms with Crippen molar-refractivity contribution >= 4 is 27.0 Å². The van der Waals surface area contributed by atoms with E-state index in [2.05, 4.69) is 69.4 Å². The van der Waals surface area contributed by atoms with Gasteiger partial charge < -0.3 is 4.98 Å². The van der Waals surface area contributed by atoms with E-state index in [1.54, 1.807) is 0 Å². The number of hydrogen-bond acceptors (Lipinski definition) is 1. The highest BCUT2D eigenvalue weighted by Crippen LogP contribution is 2.29. The van der Waals surface area contributed by atoms with Crippen LogP contribution in [0.15, 0.2) is 53.3 Å². The fraction of sp³-hybridized carbons (Fsp3) is 0.133. The molecule has 0 saturated carbocycles. The number of aromatic nitrogens is 2. The normalized spacial score (nSPS) is 12.8. The number of H-pyrrole nitrogens is 1. The van der Waals surface area contributed by atoms with E-state index < -0.39 is 0 Å². The highest BCUT2D eigenvalue weighted by atomic mass is 79.9. The number of benzene rings is 1. The molecule has 0 aliphatic heterocycles. The number of aromatic amines is 1. The summed E-state index contributed by atoms with van der Waals surface area (Å²) in [6.45, 7) is 2.21. The van der Waals surface area contributed by atoms with Crippen molar-refractivity contribution in [1.82, 2.24) is 9.97 Å². The third kappa shape index (κ3) is 1.95. The van der Waals surface area contributed by atoms with Gasteiger partial charge in [0.05, 0.1) is 11.0 Å². The Bertz CT molecular complexity index is 673. The summed E-state index contributed by atoms with van der Waals surface area (Å²) >= 11 is 3.44. The molecule has 1 atom stereocenters. The maximum atomic E-state index is 4.51. The minimum atomic E-state index is 0.341. The van der Waals surface area contributed by atoms with Gasteiger partial charge in [-0.25, -0.2) is 0 Å². The van der Waals surface area contributed by atoms with Crippen LogP contribution >= 0.6 is 15.9 Å². The molecule has 1 aromatic carbocycles. The minimum Gasteiger partial charge on any atom is -0.360 e. The zero-order valence-electron chi connectivity index (χ0n) is 10.0. The number of fused-ring (bicyclic) bond motifs is 1. The highest BCUT2D eigenvalue weighted by Gasteiger charge is 2.14. The zero-order chi connectivity index (χ0) is 12.5. The first kappa shape index (κ1) is 11.5. The van der Waals surface area contributed by atoms with Crippen molar-refractivity contribution in [2.24, 2.45) is 0 Å². The van der Waals surface area contributed by atoms with Crippen molar-refractivity contribution in [3.8, 4) is 0 Å². The highest BCUT2D eigenvalue weighted by molar-refractivity contribution is 9.10. The van der Waals surface area contributed by atoms with E-state index >= 15 is 0 Å². The van der Waals surface area contributed by atoms with Crippen molar-refractivity contribution in [2.75, 3.05) is 0 Å². The van der Waals surface area contributed by atoms with Crippen LogP contribution in [0.4, 0.5) is 0 Å². The summed E-state index contributed by atoms with van der Waals surface area (Å²) < 4.78 is 0.996. The lowest BCUT2D eigenvalue weighted by Crippen LogP contribution is -1.95. The second kappa shape index (κ2) is 4.58. The van der Waals surface area contributed by atoms with E-state index in [0.29, 0.717) is 5.92 Å². The van der Waals surface area contributed by atoms with Gasteiger partial charge >= 0.3 is 0 Å². The number of nitrogens with zero attached hydrogens (tertiary/aromatic N) is 1. The van der Waals surface area contributed by atoms with Gasteiger partial charge in [0.1, 0.15) is 0 Å². The topological polar surface area (TPSA) is 28.7 Å². The molecule has 0 bridgehead atoms. The first-order valence-electron chi connectivity index (χ1n) is 5.93. The van der Waals surface area contributed by atoms with Gasteiger partial charge in [-0.2, -0.15) is 0 Å². The molecule has 0 aliphatic rings. The van der Waals surface area contributed by atoms with E-state index in [-0.39, 0.29) is 0 Å². The molecule has 0 spiro atoms. The number of halogens is 1. The molecule has 2 nitrogen and oxygen atoms in total. The summed E-state index contributed by atoms with van der Waals surface area (Å²) in [4.78, 5) is 7.80. The van der Waals surface area contributed by atoms with Gasteiger partial charge in [-0.1, -0.05) is 37.3 Å². The average Bonchev–Trinajstić information content (AvgIpc) is 2.81. The van der Waals surface area contributed by atoms with Crippen LogP contribution in [0.5, 0.6) is 0 Å². The Morgan fingerprint density at radius 1 is 1.22 bits per heavy atom. The Hall–Kier alpha value is -1.61. The van der Waals surface area contributed by atoms with E-state index in [1.807, 2.05) is 12.3 Å². The van der Waals surface area contributed by atoms with Gasteiger partial charge in [-0.05, 0) is 27.6 Å². The van der Waals surface area contributed by atoms with Crippen molar-refractivity contribution in [2.45, 2.75) is 12.8 Å². The molecule has 18 heavy (non-hydrogen) atoms. The van der Waals surface area contributed by atoms with Crippen LogP contribution in [0.3, 0.4) is 0 Å². The lowest BCUT2D eigenvalue weighted by molar-refractivity contribution is 0.928. The molecule has 0 radical (unpaired) electrons. The molecule has 0 fully saturated rings. The summed E-state index contributed by atoms with van der Waals surface area (Å²) in [5.41, 5.74) is 4.67. The first-order valence-corrected chi connectivity index (χ1v) is 6.72. The van der Waals surface area contributed by atoms with Crippen LogP contribution < -0.4 is 0 Å². The summed E-state index contributed by atoms with van der Waals surface area (Å²) in [5, 5.41) is 0. The Morgan fingerprint density at radius 3 is 2.78 bits per heavy atom. The van der Waals surface area contributed by atoms with Crippen LogP contribution in [-0.4, -0.2) is 9.97 Å². The van der Waals surface area contributed by atoms with Crippen molar-refractivity contribution in [3.05, 3.63) is 64.4 Å². The fourth-order valence-corrected chi connectivity index (χ4v) is 2.59. The predicted octanol–water partition coefficient (Wildman–Crippen LogP) is 4.48. The number of pyridine rings is 1. The van der Waals surface area contributed by atoms with E-state index in [0.717, 1.165) is 15.5 Å². The maximum Gasteiger partial charge on any atom is 0.0917 e. The Kier molecular flexibility index (Phi) is 2.92. The summed E-state index contributed by atoms with van der Waals surface area (Å²) in [6.07, 6.45) is 3.90. The lowest BCUT2D eigenvalue weighted by atomic mass is 9.94. The quantitative estimate of drug-likeness (QED) is 0.743. The third-order valence-corrected chi connectivity index (χ3v) is 3.71. The molecule has 1 unspecified atom stereocenters. The molecular formula is C15H13BrN2. The largest absolute Gasteiger partial charge is 0.360 e. The van der Waals surface area contributed by atoms with Crippen molar-refractivity contribution in [1.29, 1.82) is 0 Å². The van der Waals surface area contributed by atoms with E-state index in [1.165, 1.54) is 11.1 Å². The second-order valence-electron chi connectivity index (χ2n) is 4.43. The van der Waals surface area contributed by atoms with Crippen LogP contribution in [-0.2, 0) is 0 Å². The Balaban J connectivity index is 2.10. The second-order valence-corrected chi connectivity index (χ2v) is 5.34. The Labute approximate surface area is 114 Å². The van der Waals surface area contributed by atoms with E-state index in [9.17, 15) is 0 Å². The molecule has 3 heteroatoms. The first-order chi connectivity index (χ1) is 8.75. The average molecular weight is 301 g/mol. The number of hydrogen-bond donors (Lipinski definition) is 1. The minimum absolute atomic E-state index is 0.341. The molecule has 0 saturated heterocycles. The summed E-state index contributed by atoms with van der Waals surface area (Å²) in [6, 6.07) is 12.6. The summed E-state index contributed by atoms with van der Waals surface area (Å²) in [7, 11) is 0. The SMILES string of the molecule is CC(c1ccccc1)c1c[nH]c2cc(Br)cnc12. The smallest absolute Gasteiger partial charge is 0.0917 e. The van der Waals surface area contributed by atoms with E-state index in [4.69, 9.17) is 0 Å². The zero-order valence-corrected chi connectivity index (χ0v) is 11.6. The molecule has 0 amide bonds.